The third-order valence-electron chi connectivity index (χ3n) is 8.51. The number of pyridine rings is 1. The number of carbonyl (C=O) groups excluding carboxylic acids is 1. The Morgan fingerprint density at radius 3 is 2.50 bits per heavy atom. The molecule has 3 aromatic rings. The molecule has 4 heterocycles. The number of likely N-dealkylation sites (tertiary alicyclic amines) is 1. The summed E-state index contributed by atoms with van der Waals surface area (Å²) in [5, 5.41) is 12.1. The van der Waals surface area contributed by atoms with Gasteiger partial charge in [-0.25, -0.2) is 0 Å². The Balaban J connectivity index is 1.17. The number of nitro benzene ring substituents is 1. The van der Waals surface area contributed by atoms with E-state index in [0.29, 0.717) is 49.9 Å². The second kappa shape index (κ2) is 10.1. The second-order valence-corrected chi connectivity index (χ2v) is 11.0. The minimum atomic E-state index is -0.374. The number of piperidine rings is 2. The maximum Gasteiger partial charge on any atom is 0.293 e. The second-order valence-electron chi connectivity index (χ2n) is 11.0. The molecule has 8 nitrogen and oxygen atoms in total. The molecule has 3 aliphatic rings. The molecule has 2 bridgehead atoms. The largest absolute Gasteiger partial charge is 0.365 e. The minimum Gasteiger partial charge on any atom is -0.365 e. The Morgan fingerprint density at radius 2 is 1.74 bits per heavy atom. The van der Waals surface area contributed by atoms with Crippen molar-refractivity contribution in [3.63, 3.8) is 0 Å². The van der Waals surface area contributed by atoms with Gasteiger partial charge in [-0.05, 0) is 61.3 Å². The van der Waals surface area contributed by atoms with Crippen molar-refractivity contribution in [2.24, 2.45) is 11.8 Å². The average molecular weight is 513 g/mol. The van der Waals surface area contributed by atoms with Gasteiger partial charge in [0.25, 0.3) is 17.2 Å². The number of hydrogen-bond donors (Lipinski definition) is 0. The monoisotopic (exact) mass is 512 g/mol. The van der Waals surface area contributed by atoms with E-state index in [1.165, 1.54) is 11.6 Å². The van der Waals surface area contributed by atoms with E-state index in [1.54, 1.807) is 24.3 Å². The zero-order valence-electron chi connectivity index (χ0n) is 21.4. The molecule has 8 heteroatoms. The van der Waals surface area contributed by atoms with Crippen LogP contribution in [0.1, 0.15) is 46.8 Å². The lowest BCUT2D eigenvalue weighted by Gasteiger charge is -2.43. The molecule has 0 radical (unpaired) electrons. The first-order valence-electron chi connectivity index (χ1n) is 13.5. The van der Waals surface area contributed by atoms with Crippen molar-refractivity contribution in [3.05, 3.63) is 104 Å². The summed E-state index contributed by atoms with van der Waals surface area (Å²) in [6, 6.07) is 20.7. The standard InChI is InChI=1S/C30H32N4O4/c35-29-8-4-7-26-25-16-23(19-33(26)29)18-32(20-25)27-10-9-24(17-28(27)34(37)38)30(36)31-13-11-22(12-14-31)15-21-5-2-1-3-6-21/h1-10,17,22-23,25H,11-16,18-20H2/t23-,25+/m1/s1. The lowest BCUT2D eigenvalue weighted by Crippen LogP contribution is -2.47. The molecule has 6 rings (SSSR count). The van der Waals surface area contributed by atoms with E-state index in [1.807, 2.05) is 21.6 Å². The summed E-state index contributed by atoms with van der Waals surface area (Å²) in [6.07, 6.45) is 3.86. The molecule has 3 aliphatic heterocycles. The van der Waals surface area contributed by atoms with Crippen LogP contribution >= 0.6 is 0 Å². The van der Waals surface area contributed by atoms with Gasteiger partial charge in [0.1, 0.15) is 5.69 Å². The van der Waals surface area contributed by atoms with Gasteiger partial charge >= 0.3 is 0 Å². The van der Waals surface area contributed by atoms with Gasteiger partial charge in [0.2, 0.25) is 0 Å². The SMILES string of the molecule is O=C(c1ccc(N2C[C@H]3C[C@@H](C2)c2cccc(=O)n2C3)c([N+](=O)[O-])c1)N1CCC(Cc2ccccc2)CC1. The number of nitrogens with zero attached hydrogens (tertiary/aromatic N) is 4. The molecule has 1 aromatic heterocycles. The zero-order chi connectivity index (χ0) is 26.2. The predicted molar refractivity (Wildman–Crippen MR) is 146 cm³/mol. The fourth-order valence-electron chi connectivity index (χ4n) is 6.63. The third kappa shape index (κ3) is 4.71. The first-order chi connectivity index (χ1) is 18.5. The number of aromatic nitrogens is 1. The van der Waals surface area contributed by atoms with E-state index < -0.39 is 0 Å². The molecular weight excluding hydrogens is 480 g/mol. The maximum absolute atomic E-state index is 13.3. The molecule has 2 saturated heterocycles. The normalized spacial score (nSPS) is 21.2. The highest BCUT2D eigenvalue weighted by Gasteiger charge is 2.37. The van der Waals surface area contributed by atoms with Gasteiger partial charge in [0.15, 0.2) is 0 Å². The van der Waals surface area contributed by atoms with Crippen LogP contribution < -0.4 is 10.5 Å². The van der Waals surface area contributed by atoms with E-state index >= 15 is 0 Å². The molecule has 2 atom stereocenters. The third-order valence-corrected chi connectivity index (χ3v) is 8.51. The summed E-state index contributed by atoms with van der Waals surface area (Å²) in [6.45, 7) is 3.23. The van der Waals surface area contributed by atoms with Crippen LogP contribution in [0, 0.1) is 22.0 Å². The van der Waals surface area contributed by atoms with Gasteiger partial charge in [0, 0.05) is 62.0 Å². The molecule has 38 heavy (non-hydrogen) atoms. The van der Waals surface area contributed by atoms with Gasteiger partial charge in [-0.3, -0.25) is 19.7 Å². The molecular formula is C30H32N4O4. The zero-order valence-corrected chi connectivity index (χ0v) is 21.4. The van der Waals surface area contributed by atoms with Crippen LogP contribution in [0.3, 0.4) is 0 Å². The number of nitro groups is 1. The summed E-state index contributed by atoms with van der Waals surface area (Å²) in [4.78, 5) is 41.3. The smallest absolute Gasteiger partial charge is 0.293 e. The van der Waals surface area contributed by atoms with Gasteiger partial charge < -0.3 is 14.4 Å². The summed E-state index contributed by atoms with van der Waals surface area (Å²) >= 11 is 0. The van der Waals surface area contributed by atoms with Crippen molar-refractivity contribution in [2.75, 3.05) is 31.1 Å². The number of anilines is 1. The van der Waals surface area contributed by atoms with Crippen LogP contribution in [0.5, 0.6) is 0 Å². The number of benzene rings is 2. The Hall–Kier alpha value is -3.94. The van der Waals surface area contributed by atoms with E-state index in [4.69, 9.17) is 0 Å². The fourth-order valence-corrected chi connectivity index (χ4v) is 6.63. The number of fused-ring (bicyclic) bond motifs is 4. The highest BCUT2D eigenvalue weighted by Crippen LogP contribution is 2.40. The van der Waals surface area contributed by atoms with Crippen LogP contribution in [0.4, 0.5) is 11.4 Å². The van der Waals surface area contributed by atoms with E-state index in [9.17, 15) is 19.7 Å². The Morgan fingerprint density at radius 1 is 0.947 bits per heavy atom. The molecule has 1 amide bonds. The molecule has 0 N–H and O–H groups in total. The molecule has 0 aliphatic carbocycles. The van der Waals surface area contributed by atoms with Crippen molar-refractivity contribution in [1.82, 2.24) is 9.47 Å². The molecule has 0 spiro atoms. The van der Waals surface area contributed by atoms with Crippen molar-refractivity contribution in [3.8, 4) is 0 Å². The van der Waals surface area contributed by atoms with Crippen molar-refractivity contribution in [1.29, 1.82) is 0 Å². The summed E-state index contributed by atoms with van der Waals surface area (Å²) in [7, 11) is 0. The Kier molecular flexibility index (Phi) is 6.47. The fraction of sp³-hybridized carbons (Fsp3) is 0.400. The van der Waals surface area contributed by atoms with Crippen LogP contribution in [-0.4, -0.2) is 46.5 Å². The van der Waals surface area contributed by atoms with Crippen molar-refractivity contribution < 1.29 is 9.72 Å². The number of carbonyl (C=O) groups is 1. The first-order valence-corrected chi connectivity index (χ1v) is 13.5. The van der Waals surface area contributed by atoms with Gasteiger partial charge in [0.05, 0.1) is 4.92 Å². The molecule has 0 saturated carbocycles. The van der Waals surface area contributed by atoms with Gasteiger partial charge in [-0.1, -0.05) is 36.4 Å². The predicted octanol–water partition coefficient (Wildman–Crippen LogP) is 4.48. The molecule has 2 fully saturated rings. The maximum atomic E-state index is 13.3. The molecule has 0 unspecified atom stereocenters. The van der Waals surface area contributed by atoms with Crippen LogP contribution in [0.2, 0.25) is 0 Å². The van der Waals surface area contributed by atoms with E-state index in [0.717, 1.165) is 31.4 Å². The topological polar surface area (TPSA) is 88.7 Å². The van der Waals surface area contributed by atoms with Crippen LogP contribution in [0.15, 0.2) is 71.5 Å². The lowest BCUT2D eigenvalue weighted by atomic mass is 9.83. The summed E-state index contributed by atoms with van der Waals surface area (Å²) < 4.78 is 1.86. The lowest BCUT2D eigenvalue weighted by molar-refractivity contribution is -0.384. The quantitative estimate of drug-likeness (QED) is 0.372. The average Bonchev–Trinajstić information content (AvgIpc) is 2.94. The summed E-state index contributed by atoms with van der Waals surface area (Å²) in [5.74, 6) is 0.799. The first kappa shape index (κ1) is 24.4. The number of rotatable bonds is 5. The molecule has 196 valence electrons. The summed E-state index contributed by atoms with van der Waals surface area (Å²) in [5.41, 5.74) is 3.24. The number of amides is 1. The van der Waals surface area contributed by atoms with E-state index in [2.05, 4.69) is 29.2 Å². The highest BCUT2D eigenvalue weighted by atomic mass is 16.6. The van der Waals surface area contributed by atoms with Gasteiger partial charge in [-0.2, -0.15) is 0 Å². The van der Waals surface area contributed by atoms with Gasteiger partial charge in [-0.15, -0.1) is 0 Å². The van der Waals surface area contributed by atoms with Crippen LogP contribution in [0.25, 0.3) is 0 Å². The highest BCUT2D eigenvalue weighted by molar-refractivity contribution is 5.96. The van der Waals surface area contributed by atoms with E-state index in [-0.39, 0.29) is 33.9 Å². The van der Waals surface area contributed by atoms with Crippen molar-refractivity contribution >= 4 is 17.3 Å². The van der Waals surface area contributed by atoms with Crippen molar-refractivity contribution in [2.45, 2.75) is 38.1 Å². The Labute approximate surface area is 221 Å². The molecule has 2 aromatic carbocycles. The number of hydrogen-bond acceptors (Lipinski definition) is 5. The van der Waals surface area contributed by atoms with Crippen LogP contribution in [-0.2, 0) is 13.0 Å². The Bertz CT molecular complexity index is 1410. The minimum absolute atomic E-state index is 0.0172.